The SMILES string of the molecule is CC[S@](=O)CCNCc1cc(Cl)c2c(c1)OCCO2. The highest BCUT2D eigenvalue weighted by Gasteiger charge is 2.16. The molecule has 106 valence electrons. The van der Waals surface area contributed by atoms with E-state index in [0.29, 0.717) is 47.8 Å². The van der Waals surface area contributed by atoms with E-state index in [1.807, 2.05) is 19.1 Å². The van der Waals surface area contributed by atoms with Crippen molar-refractivity contribution in [2.45, 2.75) is 13.5 Å². The first-order valence-corrected chi connectivity index (χ1v) is 8.21. The number of hydrogen-bond acceptors (Lipinski definition) is 4. The average Bonchev–Trinajstić information content (AvgIpc) is 2.43. The van der Waals surface area contributed by atoms with Crippen molar-refractivity contribution in [3.8, 4) is 11.5 Å². The van der Waals surface area contributed by atoms with Gasteiger partial charge in [-0.25, -0.2) is 0 Å². The van der Waals surface area contributed by atoms with E-state index in [9.17, 15) is 4.21 Å². The number of hydrogen-bond donors (Lipinski definition) is 1. The molecule has 1 aromatic carbocycles. The van der Waals surface area contributed by atoms with Gasteiger partial charge in [-0.3, -0.25) is 4.21 Å². The average molecular weight is 304 g/mol. The fourth-order valence-corrected chi connectivity index (χ4v) is 2.78. The van der Waals surface area contributed by atoms with Gasteiger partial charge in [-0.1, -0.05) is 18.5 Å². The van der Waals surface area contributed by atoms with Crippen LogP contribution in [-0.4, -0.2) is 35.5 Å². The molecule has 0 aromatic heterocycles. The summed E-state index contributed by atoms with van der Waals surface area (Å²) in [5, 5.41) is 3.83. The number of ether oxygens (including phenoxy) is 2. The minimum absolute atomic E-state index is 0.535. The summed E-state index contributed by atoms with van der Waals surface area (Å²) in [6.45, 7) is 4.42. The van der Waals surface area contributed by atoms with E-state index in [4.69, 9.17) is 21.1 Å². The van der Waals surface area contributed by atoms with Crippen LogP contribution in [0.1, 0.15) is 12.5 Å². The van der Waals surface area contributed by atoms with E-state index in [0.717, 1.165) is 12.1 Å². The molecule has 1 atom stereocenters. The maximum absolute atomic E-state index is 11.3. The second-order valence-electron chi connectivity index (χ2n) is 4.21. The van der Waals surface area contributed by atoms with Crippen molar-refractivity contribution in [3.05, 3.63) is 22.7 Å². The molecule has 0 fully saturated rings. The van der Waals surface area contributed by atoms with E-state index < -0.39 is 10.8 Å². The zero-order valence-electron chi connectivity index (χ0n) is 10.9. The monoisotopic (exact) mass is 303 g/mol. The summed E-state index contributed by atoms with van der Waals surface area (Å²) in [6.07, 6.45) is 0. The summed E-state index contributed by atoms with van der Waals surface area (Å²) in [6, 6.07) is 3.81. The number of halogens is 1. The Balaban J connectivity index is 1.90. The van der Waals surface area contributed by atoms with Crippen LogP contribution in [0.3, 0.4) is 0 Å². The summed E-state index contributed by atoms with van der Waals surface area (Å²) in [7, 11) is -0.724. The van der Waals surface area contributed by atoms with Gasteiger partial charge in [-0.15, -0.1) is 0 Å². The quantitative estimate of drug-likeness (QED) is 0.816. The van der Waals surface area contributed by atoms with Crippen molar-refractivity contribution < 1.29 is 13.7 Å². The van der Waals surface area contributed by atoms with Crippen LogP contribution in [0.4, 0.5) is 0 Å². The summed E-state index contributed by atoms with van der Waals surface area (Å²) in [5.41, 5.74) is 1.04. The third-order valence-corrected chi connectivity index (χ3v) is 4.40. The Hall–Kier alpha value is -0.780. The summed E-state index contributed by atoms with van der Waals surface area (Å²) in [5.74, 6) is 2.71. The standard InChI is InChI=1S/C13H18ClNO3S/c1-2-19(16)6-3-15-9-10-7-11(14)13-12(8-10)17-4-5-18-13/h7-8,15H,2-6,9H2,1H3/t19-/m0/s1. The first-order chi connectivity index (χ1) is 9.20. The molecule has 6 heteroatoms. The molecular formula is C13H18ClNO3S. The van der Waals surface area contributed by atoms with Crippen LogP contribution in [-0.2, 0) is 17.3 Å². The second-order valence-corrected chi connectivity index (χ2v) is 6.48. The second kappa shape index (κ2) is 7.12. The molecule has 1 heterocycles. The highest BCUT2D eigenvalue weighted by molar-refractivity contribution is 7.84. The van der Waals surface area contributed by atoms with E-state index >= 15 is 0 Å². The van der Waals surface area contributed by atoms with E-state index in [-0.39, 0.29) is 0 Å². The largest absolute Gasteiger partial charge is 0.486 e. The van der Waals surface area contributed by atoms with Gasteiger partial charge in [0, 0.05) is 35.4 Å². The van der Waals surface area contributed by atoms with Gasteiger partial charge in [0.05, 0.1) is 5.02 Å². The Bertz CT molecular complexity index is 467. The lowest BCUT2D eigenvalue weighted by molar-refractivity contribution is 0.171. The Morgan fingerprint density at radius 3 is 2.95 bits per heavy atom. The first-order valence-electron chi connectivity index (χ1n) is 6.34. The van der Waals surface area contributed by atoms with Crippen molar-refractivity contribution >= 4 is 22.4 Å². The predicted molar refractivity (Wildman–Crippen MR) is 77.7 cm³/mol. The zero-order chi connectivity index (χ0) is 13.7. The zero-order valence-corrected chi connectivity index (χ0v) is 12.5. The minimum atomic E-state index is -0.724. The molecular weight excluding hydrogens is 286 g/mol. The smallest absolute Gasteiger partial charge is 0.179 e. The number of rotatable bonds is 6. The van der Waals surface area contributed by atoms with Crippen molar-refractivity contribution in [1.82, 2.24) is 5.32 Å². The molecule has 2 rings (SSSR count). The fraction of sp³-hybridized carbons (Fsp3) is 0.538. The van der Waals surface area contributed by atoms with Gasteiger partial charge in [0.2, 0.25) is 0 Å². The molecule has 1 N–H and O–H groups in total. The normalized spacial score (nSPS) is 15.3. The van der Waals surface area contributed by atoms with Gasteiger partial charge in [-0.05, 0) is 17.7 Å². The maximum Gasteiger partial charge on any atom is 0.179 e. The van der Waals surface area contributed by atoms with Gasteiger partial charge in [0.1, 0.15) is 13.2 Å². The molecule has 1 aliphatic rings. The Morgan fingerprint density at radius 2 is 2.16 bits per heavy atom. The lowest BCUT2D eigenvalue weighted by Gasteiger charge is -2.20. The molecule has 0 amide bonds. The van der Waals surface area contributed by atoms with Crippen LogP contribution in [0.25, 0.3) is 0 Å². The predicted octanol–water partition coefficient (Wildman–Crippen LogP) is 1.97. The molecule has 0 saturated heterocycles. The number of benzene rings is 1. The van der Waals surface area contributed by atoms with Crippen LogP contribution in [0, 0.1) is 0 Å². The van der Waals surface area contributed by atoms with Crippen LogP contribution in [0.2, 0.25) is 5.02 Å². The number of nitrogens with one attached hydrogen (secondary N) is 1. The van der Waals surface area contributed by atoms with Gasteiger partial charge < -0.3 is 14.8 Å². The molecule has 1 aliphatic heterocycles. The van der Waals surface area contributed by atoms with Crippen LogP contribution in [0.5, 0.6) is 11.5 Å². The Morgan fingerprint density at radius 1 is 1.37 bits per heavy atom. The van der Waals surface area contributed by atoms with Crippen molar-refractivity contribution in [3.63, 3.8) is 0 Å². The molecule has 0 aliphatic carbocycles. The fourth-order valence-electron chi connectivity index (χ4n) is 1.83. The van der Waals surface area contributed by atoms with Gasteiger partial charge in [-0.2, -0.15) is 0 Å². The summed E-state index contributed by atoms with van der Waals surface area (Å²) >= 11 is 6.15. The third-order valence-electron chi connectivity index (χ3n) is 2.81. The summed E-state index contributed by atoms with van der Waals surface area (Å²) in [4.78, 5) is 0. The molecule has 0 saturated carbocycles. The van der Waals surface area contributed by atoms with Crippen LogP contribution >= 0.6 is 11.6 Å². The lowest BCUT2D eigenvalue weighted by Crippen LogP contribution is -2.21. The van der Waals surface area contributed by atoms with Crippen LogP contribution in [0.15, 0.2) is 12.1 Å². The number of fused-ring (bicyclic) bond motifs is 1. The molecule has 0 bridgehead atoms. The van der Waals surface area contributed by atoms with Gasteiger partial charge in [0.15, 0.2) is 11.5 Å². The molecule has 1 aromatic rings. The molecule has 0 radical (unpaired) electrons. The maximum atomic E-state index is 11.3. The van der Waals surface area contributed by atoms with Gasteiger partial charge >= 0.3 is 0 Å². The van der Waals surface area contributed by atoms with Crippen molar-refractivity contribution in [1.29, 1.82) is 0 Å². The topological polar surface area (TPSA) is 47.6 Å². The third kappa shape index (κ3) is 4.09. The van der Waals surface area contributed by atoms with E-state index in [1.165, 1.54) is 0 Å². The highest BCUT2D eigenvalue weighted by Crippen LogP contribution is 2.38. The Kier molecular flexibility index (Phi) is 5.48. The van der Waals surface area contributed by atoms with Crippen molar-refractivity contribution in [2.24, 2.45) is 0 Å². The van der Waals surface area contributed by atoms with Crippen LogP contribution < -0.4 is 14.8 Å². The first kappa shape index (κ1) is 14.6. The highest BCUT2D eigenvalue weighted by atomic mass is 35.5. The van der Waals surface area contributed by atoms with Gasteiger partial charge in [0.25, 0.3) is 0 Å². The molecule has 0 unspecified atom stereocenters. The van der Waals surface area contributed by atoms with E-state index in [2.05, 4.69) is 5.32 Å². The Labute approximate surface area is 120 Å². The van der Waals surface area contributed by atoms with Crippen molar-refractivity contribution in [2.75, 3.05) is 31.3 Å². The lowest BCUT2D eigenvalue weighted by atomic mass is 10.2. The summed E-state index contributed by atoms with van der Waals surface area (Å²) < 4.78 is 22.3. The molecule has 19 heavy (non-hydrogen) atoms. The molecule has 0 spiro atoms. The minimum Gasteiger partial charge on any atom is -0.486 e. The van der Waals surface area contributed by atoms with E-state index in [1.54, 1.807) is 0 Å². The molecule has 4 nitrogen and oxygen atoms in total.